The van der Waals surface area contributed by atoms with Crippen molar-refractivity contribution in [1.82, 2.24) is 14.8 Å². The van der Waals surface area contributed by atoms with Crippen molar-refractivity contribution >= 4 is 5.91 Å². The summed E-state index contributed by atoms with van der Waals surface area (Å²) in [6.07, 6.45) is 3.57. The molecule has 1 fully saturated rings. The number of carbonyl (C=O) groups is 1. The molecule has 0 aliphatic carbocycles. The van der Waals surface area contributed by atoms with Crippen LogP contribution in [0.15, 0.2) is 59.2 Å². The van der Waals surface area contributed by atoms with E-state index in [0.717, 1.165) is 31.5 Å². The molecule has 7 heteroatoms. The average Bonchev–Trinajstić information content (AvgIpc) is 3.52. The maximum atomic E-state index is 12.6. The fourth-order valence-electron chi connectivity index (χ4n) is 4.08. The molecule has 0 unspecified atom stereocenters. The number of amides is 1. The summed E-state index contributed by atoms with van der Waals surface area (Å²) in [6, 6.07) is 16.1. The van der Waals surface area contributed by atoms with Gasteiger partial charge in [0.25, 0.3) is 5.91 Å². The van der Waals surface area contributed by atoms with Crippen LogP contribution >= 0.6 is 0 Å². The molecule has 1 aliphatic heterocycles. The van der Waals surface area contributed by atoms with Crippen molar-refractivity contribution in [2.24, 2.45) is 0 Å². The third kappa shape index (κ3) is 5.11. The van der Waals surface area contributed by atoms with E-state index in [2.05, 4.69) is 22.0 Å². The molecule has 3 aromatic rings. The van der Waals surface area contributed by atoms with Gasteiger partial charge in [-0.25, -0.2) is 4.98 Å². The van der Waals surface area contributed by atoms with Crippen LogP contribution in [0, 0.1) is 0 Å². The Morgan fingerprint density at radius 1 is 1.00 bits per heavy atom. The van der Waals surface area contributed by atoms with Gasteiger partial charge in [-0.05, 0) is 24.5 Å². The van der Waals surface area contributed by atoms with Gasteiger partial charge in [-0.3, -0.25) is 9.69 Å². The Kier molecular flexibility index (Phi) is 7.07. The molecule has 168 valence electrons. The topological polar surface area (TPSA) is 68.0 Å². The molecule has 32 heavy (non-hydrogen) atoms. The van der Waals surface area contributed by atoms with Crippen molar-refractivity contribution in [3.63, 3.8) is 0 Å². The first-order chi connectivity index (χ1) is 15.7. The number of ether oxygens (including phenoxy) is 2. The Labute approximate surface area is 188 Å². The first kappa shape index (κ1) is 21.9. The summed E-state index contributed by atoms with van der Waals surface area (Å²) in [5.41, 5.74) is 2.55. The lowest BCUT2D eigenvalue weighted by Gasteiger charge is -2.23. The van der Waals surface area contributed by atoms with E-state index in [9.17, 15) is 4.79 Å². The standard InChI is InChI=1S/C25H29N3O4/c1-30-22-12-8-11-20(24(22)31-2)16-27(15-19-9-4-3-5-10-19)17-23-26-21(18-32-23)25(29)28-13-6-7-14-28/h3-5,8-12,18H,6-7,13-17H2,1-2H3. The van der Waals surface area contributed by atoms with Crippen molar-refractivity contribution in [2.45, 2.75) is 32.5 Å². The van der Waals surface area contributed by atoms with Crippen LogP contribution in [0.1, 0.15) is 40.3 Å². The first-order valence-electron chi connectivity index (χ1n) is 10.9. The van der Waals surface area contributed by atoms with Crippen LogP contribution in [-0.2, 0) is 19.6 Å². The maximum Gasteiger partial charge on any atom is 0.275 e. The second-order valence-corrected chi connectivity index (χ2v) is 7.91. The summed E-state index contributed by atoms with van der Waals surface area (Å²) >= 11 is 0. The van der Waals surface area contributed by atoms with Crippen LogP contribution in [0.5, 0.6) is 11.5 Å². The zero-order chi connectivity index (χ0) is 22.3. The number of carbonyl (C=O) groups excluding carboxylic acids is 1. The van der Waals surface area contributed by atoms with E-state index < -0.39 is 0 Å². The van der Waals surface area contributed by atoms with E-state index in [1.165, 1.54) is 11.8 Å². The second kappa shape index (κ2) is 10.3. The van der Waals surface area contributed by atoms with Crippen LogP contribution in [0.3, 0.4) is 0 Å². The van der Waals surface area contributed by atoms with Gasteiger partial charge in [0.15, 0.2) is 17.2 Å². The number of hydrogen-bond donors (Lipinski definition) is 0. The fourth-order valence-corrected chi connectivity index (χ4v) is 4.08. The minimum absolute atomic E-state index is 0.0541. The van der Waals surface area contributed by atoms with E-state index in [1.54, 1.807) is 14.2 Å². The monoisotopic (exact) mass is 435 g/mol. The molecule has 0 radical (unpaired) electrons. The second-order valence-electron chi connectivity index (χ2n) is 7.91. The minimum Gasteiger partial charge on any atom is -0.493 e. The third-order valence-corrected chi connectivity index (χ3v) is 5.65. The molecule has 1 aromatic heterocycles. The molecule has 7 nitrogen and oxygen atoms in total. The first-order valence-corrected chi connectivity index (χ1v) is 10.9. The Hall–Kier alpha value is -3.32. The predicted molar refractivity (Wildman–Crippen MR) is 121 cm³/mol. The molecule has 0 spiro atoms. The molecular weight excluding hydrogens is 406 g/mol. The largest absolute Gasteiger partial charge is 0.493 e. The van der Waals surface area contributed by atoms with Gasteiger partial charge in [-0.2, -0.15) is 0 Å². The van der Waals surface area contributed by atoms with Crippen molar-refractivity contribution in [1.29, 1.82) is 0 Å². The SMILES string of the molecule is COc1cccc(CN(Cc2ccccc2)Cc2nc(C(=O)N3CCCC3)co2)c1OC. The zero-order valence-corrected chi connectivity index (χ0v) is 18.6. The van der Waals surface area contributed by atoms with Gasteiger partial charge in [0.1, 0.15) is 6.26 Å². The predicted octanol–water partition coefficient (Wildman–Crippen LogP) is 4.13. The highest BCUT2D eigenvalue weighted by atomic mass is 16.5. The van der Waals surface area contributed by atoms with E-state index in [4.69, 9.17) is 13.9 Å². The number of aromatic nitrogens is 1. The smallest absolute Gasteiger partial charge is 0.275 e. The van der Waals surface area contributed by atoms with Crippen LogP contribution in [0.4, 0.5) is 0 Å². The number of methoxy groups -OCH3 is 2. The summed E-state index contributed by atoms with van der Waals surface area (Å²) in [4.78, 5) is 21.2. The molecule has 2 heterocycles. The van der Waals surface area contributed by atoms with Gasteiger partial charge in [-0.15, -0.1) is 0 Å². The number of para-hydroxylation sites is 1. The van der Waals surface area contributed by atoms with Crippen molar-refractivity contribution in [3.05, 3.63) is 77.5 Å². The minimum atomic E-state index is -0.0541. The molecule has 2 aromatic carbocycles. The number of rotatable bonds is 9. The van der Waals surface area contributed by atoms with Gasteiger partial charge >= 0.3 is 0 Å². The highest BCUT2D eigenvalue weighted by molar-refractivity contribution is 5.92. The average molecular weight is 436 g/mol. The molecule has 0 atom stereocenters. The van der Waals surface area contributed by atoms with E-state index in [1.807, 2.05) is 41.3 Å². The Balaban J connectivity index is 1.55. The van der Waals surface area contributed by atoms with Crippen molar-refractivity contribution in [3.8, 4) is 11.5 Å². The van der Waals surface area contributed by atoms with Crippen molar-refractivity contribution < 1.29 is 18.7 Å². The molecule has 1 amide bonds. The summed E-state index contributed by atoms with van der Waals surface area (Å²) in [6.45, 7) is 3.34. The molecule has 0 N–H and O–H groups in total. The number of oxazole rings is 1. The Bertz CT molecular complexity index is 1030. The van der Waals surface area contributed by atoms with Gasteiger partial charge in [-0.1, -0.05) is 42.5 Å². The summed E-state index contributed by atoms with van der Waals surface area (Å²) in [5.74, 6) is 1.87. The van der Waals surface area contributed by atoms with Gasteiger partial charge < -0.3 is 18.8 Å². The van der Waals surface area contributed by atoms with E-state index >= 15 is 0 Å². The molecular formula is C25H29N3O4. The molecule has 1 aliphatic rings. The van der Waals surface area contributed by atoms with Crippen molar-refractivity contribution in [2.75, 3.05) is 27.3 Å². The summed E-state index contributed by atoms with van der Waals surface area (Å²) in [5, 5.41) is 0. The highest BCUT2D eigenvalue weighted by Crippen LogP contribution is 2.32. The van der Waals surface area contributed by atoms with Gasteiger partial charge in [0, 0.05) is 31.7 Å². The third-order valence-electron chi connectivity index (χ3n) is 5.65. The number of hydrogen-bond acceptors (Lipinski definition) is 6. The Morgan fingerprint density at radius 2 is 1.78 bits per heavy atom. The number of likely N-dealkylation sites (tertiary alicyclic amines) is 1. The van der Waals surface area contributed by atoms with Crippen LogP contribution in [0.25, 0.3) is 0 Å². The van der Waals surface area contributed by atoms with Crippen LogP contribution in [-0.4, -0.2) is 48.0 Å². The fraction of sp³-hybridized carbons (Fsp3) is 0.360. The van der Waals surface area contributed by atoms with E-state index in [-0.39, 0.29) is 5.91 Å². The number of nitrogens with zero attached hydrogens (tertiary/aromatic N) is 3. The lowest BCUT2D eigenvalue weighted by molar-refractivity contribution is 0.0787. The Morgan fingerprint density at radius 3 is 2.50 bits per heavy atom. The van der Waals surface area contributed by atoms with Gasteiger partial charge in [0.2, 0.25) is 5.89 Å². The van der Waals surface area contributed by atoms with Crippen LogP contribution < -0.4 is 9.47 Å². The zero-order valence-electron chi connectivity index (χ0n) is 18.6. The summed E-state index contributed by atoms with van der Waals surface area (Å²) < 4.78 is 16.8. The quantitative estimate of drug-likeness (QED) is 0.503. The lowest BCUT2D eigenvalue weighted by atomic mass is 10.1. The highest BCUT2D eigenvalue weighted by Gasteiger charge is 2.23. The normalized spacial score (nSPS) is 13.5. The number of benzene rings is 2. The summed E-state index contributed by atoms with van der Waals surface area (Å²) in [7, 11) is 3.28. The molecule has 0 saturated carbocycles. The van der Waals surface area contributed by atoms with Crippen LogP contribution in [0.2, 0.25) is 0 Å². The maximum absolute atomic E-state index is 12.6. The molecule has 0 bridgehead atoms. The van der Waals surface area contributed by atoms with E-state index in [0.29, 0.717) is 42.7 Å². The molecule has 1 saturated heterocycles. The van der Waals surface area contributed by atoms with Gasteiger partial charge in [0.05, 0.1) is 20.8 Å². The lowest BCUT2D eigenvalue weighted by Crippen LogP contribution is -2.28. The molecule has 4 rings (SSSR count).